The Kier molecular flexibility index (Phi) is 2.69. The van der Waals surface area contributed by atoms with Crippen LogP contribution in [0.1, 0.15) is 31.4 Å². The molecule has 2 fully saturated rings. The van der Waals surface area contributed by atoms with Gasteiger partial charge in [-0.05, 0) is 56.6 Å². The van der Waals surface area contributed by atoms with Crippen LogP contribution in [0, 0.1) is 18.8 Å². The molecule has 1 aromatic heterocycles. The van der Waals surface area contributed by atoms with Crippen molar-refractivity contribution in [1.29, 1.82) is 0 Å². The number of rotatable bonds is 5. The third-order valence-electron chi connectivity index (χ3n) is 3.79. The van der Waals surface area contributed by atoms with Crippen LogP contribution in [0.2, 0.25) is 0 Å². The summed E-state index contributed by atoms with van der Waals surface area (Å²) in [6.45, 7) is 4.37. The second-order valence-electron chi connectivity index (χ2n) is 5.64. The summed E-state index contributed by atoms with van der Waals surface area (Å²) >= 11 is 0. The lowest BCUT2D eigenvalue weighted by atomic mass is 10.2. The van der Waals surface area contributed by atoms with Crippen molar-refractivity contribution < 1.29 is 0 Å². The molecule has 0 bridgehead atoms. The molecule has 0 spiro atoms. The molecule has 0 aliphatic heterocycles. The van der Waals surface area contributed by atoms with Crippen molar-refractivity contribution in [2.45, 2.75) is 32.6 Å². The van der Waals surface area contributed by atoms with Crippen LogP contribution >= 0.6 is 0 Å². The lowest BCUT2D eigenvalue weighted by molar-refractivity contribution is 0.671. The first-order valence-corrected chi connectivity index (χ1v) is 6.70. The Labute approximate surface area is 103 Å². The third-order valence-corrected chi connectivity index (χ3v) is 3.79. The molecular weight excluding hydrogens is 210 g/mol. The van der Waals surface area contributed by atoms with Crippen LogP contribution in [0.3, 0.4) is 0 Å². The molecule has 0 atom stereocenters. The van der Waals surface area contributed by atoms with Gasteiger partial charge in [0.05, 0.1) is 11.4 Å². The molecule has 0 unspecified atom stereocenters. The van der Waals surface area contributed by atoms with Crippen LogP contribution in [0.15, 0.2) is 12.1 Å². The maximum atomic E-state index is 5.84. The highest BCUT2D eigenvalue weighted by Gasteiger charge is 2.29. The lowest BCUT2D eigenvalue weighted by Gasteiger charge is -2.24. The van der Waals surface area contributed by atoms with Crippen molar-refractivity contribution in [1.82, 2.24) is 4.98 Å². The van der Waals surface area contributed by atoms with Crippen molar-refractivity contribution in [2.75, 3.05) is 23.7 Å². The van der Waals surface area contributed by atoms with E-state index in [4.69, 9.17) is 5.73 Å². The van der Waals surface area contributed by atoms with Gasteiger partial charge in [-0.3, -0.25) is 0 Å². The molecule has 0 saturated heterocycles. The quantitative estimate of drug-likeness (QED) is 0.847. The first-order valence-electron chi connectivity index (χ1n) is 6.70. The van der Waals surface area contributed by atoms with Gasteiger partial charge in [-0.1, -0.05) is 0 Å². The van der Waals surface area contributed by atoms with Gasteiger partial charge in [-0.25, -0.2) is 4.98 Å². The molecule has 3 rings (SSSR count). The van der Waals surface area contributed by atoms with E-state index >= 15 is 0 Å². The smallest absolute Gasteiger partial charge is 0.128 e. The second-order valence-corrected chi connectivity index (χ2v) is 5.64. The summed E-state index contributed by atoms with van der Waals surface area (Å²) in [7, 11) is 0. The van der Waals surface area contributed by atoms with E-state index in [0.29, 0.717) is 0 Å². The molecule has 2 saturated carbocycles. The van der Waals surface area contributed by atoms with Gasteiger partial charge in [0, 0.05) is 13.1 Å². The van der Waals surface area contributed by atoms with Crippen LogP contribution < -0.4 is 10.6 Å². The minimum absolute atomic E-state index is 0.798. The third kappa shape index (κ3) is 2.71. The summed E-state index contributed by atoms with van der Waals surface area (Å²) in [6.07, 6.45) is 5.59. The van der Waals surface area contributed by atoms with Gasteiger partial charge in [-0.2, -0.15) is 0 Å². The van der Waals surface area contributed by atoms with Crippen molar-refractivity contribution in [3.05, 3.63) is 17.8 Å². The topological polar surface area (TPSA) is 42.2 Å². The van der Waals surface area contributed by atoms with E-state index in [2.05, 4.69) is 16.0 Å². The van der Waals surface area contributed by atoms with Crippen LogP contribution in [-0.2, 0) is 0 Å². The predicted octanol–water partition coefficient (Wildman–Crippen LogP) is 2.60. The van der Waals surface area contributed by atoms with Gasteiger partial charge < -0.3 is 10.6 Å². The van der Waals surface area contributed by atoms with E-state index in [1.165, 1.54) is 38.8 Å². The van der Waals surface area contributed by atoms with Crippen molar-refractivity contribution in [2.24, 2.45) is 11.8 Å². The number of pyridine rings is 1. The highest BCUT2D eigenvalue weighted by atomic mass is 15.2. The van der Waals surface area contributed by atoms with E-state index in [0.717, 1.165) is 29.0 Å². The fourth-order valence-electron chi connectivity index (χ4n) is 2.22. The average molecular weight is 231 g/mol. The maximum Gasteiger partial charge on any atom is 0.128 e. The van der Waals surface area contributed by atoms with Gasteiger partial charge in [0.25, 0.3) is 0 Å². The monoisotopic (exact) mass is 231 g/mol. The summed E-state index contributed by atoms with van der Waals surface area (Å²) < 4.78 is 0. The standard InChI is InChI=1S/C14H21N3/c1-10-13(15)6-7-14(16-10)17(8-11-2-3-11)9-12-4-5-12/h6-7,11-12H,2-5,8-9,15H2,1H3. The minimum atomic E-state index is 0.798. The number of aryl methyl sites for hydroxylation is 1. The van der Waals surface area contributed by atoms with Crippen molar-refractivity contribution in [3.63, 3.8) is 0 Å². The van der Waals surface area contributed by atoms with Gasteiger partial charge in [0.2, 0.25) is 0 Å². The summed E-state index contributed by atoms with van der Waals surface area (Å²) in [6, 6.07) is 4.07. The molecule has 1 heterocycles. The normalized spacial score (nSPS) is 19.4. The number of anilines is 2. The Balaban J connectivity index is 1.76. The van der Waals surface area contributed by atoms with Crippen LogP contribution in [0.4, 0.5) is 11.5 Å². The van der Waals surface area contributed by atoms with E-state index in [1.54, 1.807) is 0 Å². The first-order chi connectivity index (χ1) is 8.22. The van der Waals surface area contributed by atoms with Gasteiger partial charge >= 0.3 is 0 Å². The van der Waals surface area contributed by atoms with E-state index in [9.17, 15) is 0 Å². The molecule has 0 radical (unpaired) electrons. The van der Waals surface area contributed by atoms with Crippen LogP contribution in [-0.4, -0.2) is 18.1 Å². The largest absolute Gasteiger partial charge is 0.397 e. The number of nitrogen functional groups attached to an aromatic ring is 1. The van der Waals surface area contributed by atoms with Crippen molar-refractivity contribution >= 4 is 11.5 Å². The molecule has 17 heavy (non-hydrogen) atoms. The number of hydrogen-bond donors (Lipinski definition) is 1. The highest BCUT2D eigenvalue weighted by Crippen LogP contribution is 2.35. The molecule has 0 amide bonds. The molecule has 2 aliphatic rings. The molecule has 2 N–H and O–H groups in total. The Morgan fingerprint density at radius 2 is 1.76 bits per heavy atom. The Morgan fingerprint density at radius 1 is 1.18 bits per heavy atom. The number of nitrogens with zero attached hydrogens (tertiary/aromatic N) is 2. The van der Waals surface area contributed by atoms with Crippen molar-refractivity contribution in [3.8, 4) is 0 Å². The fourth-order valence-corrected chi connectivity index (χ4v) is 2.22. The lowest BCUT2D eigenvalue weighted by Crippen LogP contribution is -2.29. The summed E-state index contributed by atoms with van der Waals surface area (Å²) in [5, 5.41) is 0. The average Bonchev–Trinajstić information content (AvgIpc) is 3.15. The highest BCUT2D eigenvalue weighted by molar-refractivity contribution is 5.50. The summed E-state index contributed by atoms with van der Waals surface area (Å²) in [5.41, 5.74) is 7.59. The Morgan fingerprint density at radius 3 is 2.24 bits per heavy atom. The molecular formula is C14H21N3. The van der Waals surface area contributed by atoms with Crippen LogP contribution in [0.5, 0.6) is 0 Å². The zero-order chi connectivity index (χ0) is 11.8. The molecule has 2 aliphatic carbocycles. The maximum absolute atomic E-state index is 5.84. The fraction of sp³-hybridized carbons (Fsp3) is 0.643. The minimum Gasteiger partial charge on any atom is -0.397 e. The van der Waals surface area contributed by atoms with E-state index in [1.807, 2.05) is 13.0 Å². The molecule has 3 nitrogen and oxygen atoms in total. The molecule has 1 aromatic rings. The molecule has 3 heteroatoms. The van der Waals surface area contributed by atoms with E-state index < -0.39 is 0 Å². The van der Waals surface area contributed by atoms with Gasteiger partial charge in [0.1, 0.15) is 5.82 Å². The first kappa shape index (κ1) is 10.9. The number of nitrogens with two attached hydrogens (primary N) is 1. The van der Waals surface area contributed by atoms with Gasteiger partial charge in [-0.15, -0.1) is 0 Å². The van der Waals surface area contributed by atoms with E-state index in [-0.39, 0.29) is 0 Å². The zero-order valence-electron chi connectivity index (χ0n) is 10.5. The summed E-state index contributed by atoms with van der Waals surface area (Å²) in [4.78, 5) is 7.11. The van der Waals surface area contributed by atoms with Gasteiger partial charge in [0.15, 0.2) is 0 Å². The number of aromatic nitrogens is 1. The molecule has 0 aromatic carbocycles. The predicted molar refractivity (Wildman–Crippen MR) is 71.0 cm³/mol. The number of hydrogen-bond acceptors (Lipinski definition) is 3. The zero-order valence-corrected chi connectivity index (χ0v) is 10.5. The molecule has 92 valence electrons. The second kappa shape index (κ2) is 4.21. The SMILES string of the molecule is Cc1nc(N(CC2CC2)CC2CC2)ccc1N. The Bertz CT molecular complexity index is 394. The van der Waals surface area contributed by atoms with Crippen LogP contribution in [0.25, 0.3) is 0 Å². The Hall–Kier alpha value is -1.25. The summed E-state index contributed by atoms with van der Waals surface area (Å²) in [5.74, 6) is 2.94.